The molecule has 3 aromatic rings. The van der Waals surface area contributed by atoms with Crippen LogP contribution < -0.4 is 0 Å². The molecule has 0 aliphatic heterocycles. The Bertz CT molecular complexity index is 1010. The molecule has 1 N–H and O–H groups in total. The van der Waals surface area contributed by atoms with Crippen LogP contribution >= 0.6 is 0 Å². The first-order chi connectivity index (χ1) is 13.3. The first-order valence-corrected chi connectivity index (χ1v) is 9.27. The van der Waals surface area contributed by atoms with E-state index in [1.807, 2.05) is 55.9 Å². The fourth-order valence-electron chi connectivity index (χ4n) is 3.37. The van der Waals surface area contributed by atoms with E-state index in [-0.39, 0.29) is 23.7 Å². The van der Waals surface area contributed by atoms with Gasteiger partial charge in [-0.25, -0.2) is 9.48 Å². The summed E-state index contributed by atoms with van der Waals surface area (Å²) >= 11 is 0. The summed E-state index contributed by atoms with van der Waals surface area (Å²) in [6.07, 6.45) is 5.74. The minimum atomic E-state index is -1.01. The molecule has 2 heterocycles. The number of hydrogen-bond acceptors (Lipinski definition) is 3. The SMILES string of the molecule is Cc1ccc(-n2ncc(CC(C)C(=O)Cc3cn(C)cc3C(=O)O)c2C)cc1. The van der Waals surface area contributed by atoms with E-state index in [0.717, 1.165) is 16.9 Å². The van der Waals surface area contributed by atoms with Crippen LogP contribution in [0.5, 0.6) is 0 Å². The number of rotatable bonds is 7. The van der Waals surface area contributed by atoms with Gasteiger partial charge in [-0.1, -0.05) is 24.6 Å². The number of Topliss-reactive ketones (excluding diaryl/α,β-unsaturated/α-hetero) is 1. The van der Waals surface area contributed by atoms with Crippen LogP contribution in [0.2, 0.25) is 0 Å². The minimum Gasteiger partial charge on any atom is -0.478 e. The number of aromatic nitrogens is 3. The van der Waals surface area contributed by atoms with Crippen molar-refractivity contribution in [3.63, 3.8) is 0 Å². The second-order valence-electron chi connectivity index (χ2n) is 7.42. The van der Waals surface area contributed by atoms with E-state index in [0.29, 0.717) is 12.0 Å². The molecular formula is C22H25N3O3. The van der Waals surface area contributed by atoms with Gasteiger partial charge in [0.15, 0.2) is 0 Å². The van der Waals surface area contributed by atoms with E-state index in [1.54, 1.807) is 17.8 Å². The highest BCUT2D eigenvalue weighted by Gasteiger charge is 2.21. The Morgan fingerprint density at radius 3 is 2.43 bits per heavy atom. The Kier molecular flexibility index (Phi) is 5.49. The van der Waals surface area contributed by atoms with Crippen molar-refractivity contribution in [1.82, 2.24) is 14.3 Å². The molecule has 0 spiro atoms. The molecule has 0 saturated carbocycles. The lowest BCUT2D eigenvalue weighted by atomic mass is 9.93. The zero-order valence-electron chi connectivity index (χ0n) is 16.6. The lowest BCUT2D eigenvalue weighted by Crippen LogP contribution is -2.17. The van der Waals surface area contributed by atoms with Crippen LogP contribution in [-0.4, -0.2) is 31.2 Å². The number of benzene rings is 1. The third-order valence-corrected chi connectivity index (χ3v) is 5.10. The van der Waals surface area contributed by atoms with Crippen LogP contribution in [0, 0.1) is 19.8 Å². The van der Waals surface area contributed by atoms with Gasteiger partial charge in [0.2, 0.25) is 0 Å². The number of nitrogens with zero attached hydrogens (tertiary/aromatic N) is 3. The summed E-state index contributed by atoms with van der Waals surface area (Å²) in [6, 6.07) is 8.14. The summed E-state index contributed by atoms with van der Waals surface area (Å²) in [4.78, 5) is 24.0. The largest absolute Gasteiger partial charge is 0.478 e. The van der Waals surface area contributed by atoms with E-state index in [1.165, 1.54) is 11.8 Å². The molecule has 6 heteroatoms. The van der Waals surface area contributed by atoms with Crippen LogP contribution in [0.4, 0.5) is 0 Å². The van der Waals surface area contributed by atoms with Gasteiger partial charge in [0.25, 0.3) is 0 Å². The number of carbonyl (C=O) groups is 2. The van der Waals surface area contributed by atoms with E-state index in [2.05, 4.69) is 5.10 Å². The van der Waals surface area contributed by atoms with E-state index < -0.39 is 5.97 Å². The Morgan fingerprint density at radius 2 is 1.79 bits per heavy atom. The van der Waals surface area contributed by atoms with E-state index in [4.69, 9.17) is 0 Å². The quantitative estimate of drug-likeness (QED) is 0.681. The predicted octanol–water partition coefficient (Wildman–Crippen LogP) is 3.52. The summed E-state index contributed by atoms with van der Waals surface area (Å²) in [5, 5.41) is 13.8. The molecule has 1 unspecified atom stereocenters. The maximum Gasteiger partial charge on any atom is 0.337 e. The Morgan fingerprint density at radius 1 is 1.11 bits per heavy atom. The van der Waals surface area contributed by atoms with Crippen LogP contribution in [0.15, 0.2) is 42.9 Å². The molecule has 0 saturated heterocycles. The third-order valence-electron chi connectivity index (χ3n) is 5.10. The highest BCUT2D eigenvalue weighted by molar-refractivity contribution is 5.92. The molecule has 3 rings (SSSR count). The van der Waals surface area contributed by atoms with Crippen molar-refractivity contribution in [3.05, 3.63) is 70.8 Å². The van der Waals surface area contributed by atoms with Gasteiger partial charge in [-0.2, -0.15) is 5.10 Å². The smallest absolute Gasteiger partial charge is 0.337 e. The van der Waals surface area contributed by atoms with Crippen LogP contribution in [0.3, 0.4) is 0 Å². The molecule has 0 fully saturated rings. The van der Waals surface area contributed by atoms with Gasteiger partial charge in [-0.15, -0.1) is 0 Å². The first kappa shape index (κ1) is 19.6. The maximum absolute atomic E-state index is 12.7. The fraction of sp³-hybridized carbons (Fsp3) is 0.318. The average molecular weight is 379 g/mol. The van der Waals surface area contributed by atoms with Crippen LogP contribution in [-0.2, 0) is 24.7 Å². The van der Waals surface area contributed by atoms with Gasteiger partial charge in [-0.3, -0.25) is 4.79 Å². The van der Waals surface area contributed by atoms with Crippen LogP contribution in [0.1, 0.15) is 39.7 Å². The predicted molar refractivity (Wildman–Crippen MR) is 107 cm³/mol. The van der Waals surface area contributed by atoms with Gasteiger partial charge in [0.1, 0.15) is 5.78 Å². The topological polar surface area (TPSA) is 77.1 Å². The monoisotopic (exact) mass is 379 g/mol. The number of aromatic carboxylic acids is 1. The molecule has 146 valence electrons. The molecule has 1 aromatic carbocycles. The van der Waals surface area contributed by atoms with E-state index in [9.17, 15) is 14.7 Å². The second-order valence-corrected chi connectivity index (χ2v) is 7.42. The minimum absolute atomic E-state index is 0.0242. The highest BCUT2D eigenvalue weighted by Crippen LogP contribution is 2.20. The molecule has 0 bridgehead atoms. The average Bonchev–Trinajstić information content (AvgIpc) is 3.19. The number of hydrogen-bond donors (Lipinski definition) is 1. The lowest BCUT2D eigenvalue weighted by molar-refractivity contribution is -0.121. The van der Waals surface area contributed by atoms with Crippen molar-refractivity contribution in [2.24, 2.45) is 13.0 Å². The maximum atomic E-state index is 12.7. The van der Waals surface area contributed by atoms with Crippen molar-refractivity contribution < 1.29 is 14.7 Å². The number of carboxylic acid groups (broad SMARTS) is 1. The fourth-order valence-corrected chi connectivity index (χ4v) is 3.37. The summed E-state index contributed by atoms with van der Waals surface area (Å²) in [7, 11) is 1.76. The summed E-state index contributed by atoms with van der Waals surface area (Å²) in [5.74, 6) is -1.21. The summed E-state index contributed by atoms with van der Waals surface area (Å²) in [5.41, 5.74) is 4.95. The molecule has 28 heavy (non-hydrogen) atoms. The van der Waals surface area contributed by atoms with Crippen molar-refractivity contribution in [2.45, 2.75) is 33.6 Å². The molecule has 0 radical (unpaired) electrons. The molecule has 0 aliphatic rings. The number of carboxylic acids is 1. The molecule has 0 aliphatic carbocycles. The van der Waals surface area contributed by atoms with Crippen molar-refractivity contribution in [1.29, 1.82) is 0 Å². The zero-order valence-corrected chi connectivity index (χ0v) is 16.6. The van der Waals surface area contributed by atoms with E-state index >= 15 is 0 Å². The normalized spacial score (nSPS) is 12.1. The van der Waals surface area contributed by atoms with Gasteiger partial charge < -0.3 is 9.67 Å². The van der Waals surface area contributed by atoms with Gasteiger partial charge in [0, 0.05) is 37.5 Å². The third kappa shape index (κ3) is 4.06. The van der Waals surface area contributed by atoms with Crippen molar-refractivity contribution in [2.75, 3.05) is 0 Å². The zero-order chi connectivity index (χ0) is 20.4. The van der Waals surface area contributed by atoms with Gasteiger partial charge >= 0.3 is 5.97 Å². The Labute approximate surface area is 164 Å². The first-order valence-electron chi connectivity index (χ1n) is 9.27. The number of carbonyl (C=O) groups excluding carboxylic acids is 1. The molecule has 1 atom stereocenters. The van der Waals surface area contributed by atoms with Gasteiger partial charge in [-0.05, 0) is 43.5 Å². The summed E-state index contributed by atoms with van der Waals surface area (Å²) in [6.45, 7) is 5.93. The van der Waals surface area contributed by atoms with Crippen molar-refractivity contribution in [3.8, 4) is 5.69 Å². The van der Waals surface area contributed by atoms with Crippen LogP contribution in [0.25, 0.3) is 5.69 Å². The van der Waals surface area contributed by atoms with Crippen molar-refractivity contribution >= 4 is 11.8 Å². The molecular weight excluding hydrogens is 354 g/mol. The number of aryl methyl sites for hydroxylation is 2. The molecule has 2 aromatic heterocycles. The number of ketones is 1. The Hall–Kier alpha value is -3.15. The molecule has 6 nitrogen and oxygen atoms in total. The lowest BCUT2D eigenvalue weighted by Gasteiger charge is -2.11. The standard InChI is InChI=1S/C22H25N3O3/c1-14-5-7-19(8-6-14)25-16(3)17(11-23-25)9-15(2)21(26)10-18-12-24(4)13-20(18)22(27)28/h5-8,11-13,15H,9-10H2,1-4H3,(H,27,28). The van der Waals surface area contributed by atoms with Gasteiger partial charge in [0.05, 0.1) is 17.4 Å². The highest BCUT2D eigenvalue weighted by atomic mass is 16.4. The summed E-state index contributed by atoms with van der Waals surface area (Å²) < 4.78 is 3.55. The Balaban J connectivity index is 1.73. The second kappa shape index (κ2) is 7.84. The molecule has 0 amide bonds.